The third kappa shape index (κ3) is 2.72. The predicted octanol–water partition coefficient (Wildman–Crippen LogP) is 3.64. The van der Waals surface area contributed by atoms with Crippen molar-refractivity contribution in [2.45, 2.75) is 44.1 Å². The number of hydrogen-bond acceptors (Lipinski definition) is 2. The molecule has 1 aromatic carbocycles. The van der Waals surface area contributed by atoms with E-state index in [1.807, 2.05) is 19.4 Å². The number of nitrogens with zero attached hydrogens (tertiary/aromatic N) is 3. The summed E-state index contributed by atoms with van der Waals surface area (Å²) in [6.45, 7) is 0. The lowest BCUT2D eigenvalue weighted by atomic mass is 10.1. The lowest BCUT2D eigenvalue weighted by molar-refractivity contribution is -0.120. The van der Waals surface area contributed by atoms with Crippen LogP contribution in [-0.2, 0) is 11.8 Å². The molecule has 0 radical (unpaired) electrons. The smallest absolute Gasteiger partial charge is 0.231 e. The van der Waals surface area contributed by atoms with Crippen molar-refractivity contribution in [3.63, 3.8) is 0 Å². The summed E-state index contributed by atoms with van der Waals surface area (Å²) in [4.78, 5) is 14.9. The fraction of sp³-hybridized carbons (Fsp3) is 0.474. The van der Waals surface area contributed by atoms with Crippen molar-refractivity contribution in [3.05, 3.63) is 48.0 Å². The number of amides is 1. The number of aryl methyl sites for hydroxylation is 1. The summed E-state index contributed by atoms with van der Waals surface area (Å²) in [5, 5.41) is 4.20. The second kappa shape index (κ2) is 6.04. The molecular weight excluding hydrogens is 305 g/mol. The van der Waals surface area contributed by atoms with Gasteiger partial charge < -0.3 is 4.90 Å². The van der Waals surface area contributed by atoms with E-state index in [1.165, 1.54) is 6.07 Å². The van der Waals surface area contributed by atoms with Crippen LogP contribution in [-0.4, -0.2) is 21.7 Å². The van der Waals surface area contributed by atoms with Crippen LogP contribution in [0.5, 0.6) is 0 Å². The maximum absolute atomic E-state index is 14.4. The SMILES string of the molecule is Cn1cc(C2CC2C(=O)N(c2ccccc2F)C2CCCC2)cn1. The third-order valence-corrected chi connectivity index (χ3v) is 5.30. The highest BCUT2D eigenvalue weighted by Gasteiger charge is 2.48. The first kappa shape index (κ1) is 15.4. The number of aromatic nitrogens is 2. The summed E-state index contributed by atoms with van der Waals surface area (Å²) < 4.78 is 16.1. The molecule has 0 saturated heterocycles. The molecule has 2 aliphatic carbocycles. The Kier molecular flexibility index (Phi) is 3.87. The molecule has 2 fully saturated rings. The van der Waals surface area contributed by atoms with Crippen LogP contribution in [0.2, 0.25) is 0 Å². The number of para-hydroxylation sites is 1. The Morgan fingerprint density at radius 3 is 2.71 bits per heavy atom. The Labute approximate surface area is 141 Å². The summed E-state index contributed by atoms with van der Waals surface area (Å²) in [7, 11) is 1.88. The van der Waals surface area contributed by atoms with Gasteiger partial charge in [-0.3, -0.25) is 9.48 Å². The van der Waals surface area contributed by atoms with E-state index < -0.39 is 0 Å². The molecular formula is C19H22FN3O. The maximum Gasteiger partial charge on any atom is 0.231 e. The van der Waals surface area contributed by atoms with Gasteiger partial charge in [0.15, 0.2) is 0 Å². The fourth-order valence-electron chi connectivity index (χ4n) is 3.95. The highest BCUT2D eigenvalue weighted by Crippen LogP contribution is 2.49. The molecule has 0 spiro atoms. The van der Waals surface area contributed by atoms with E-state index >= 15 is 0 Å². The number of halogens is 1. The minimum Gasteiger partial charge on any atom is -0.306 e. The van der Waals surface area contributed by atoms with E-state index in [0.29, 0.717) is 5.69 Å². The van der Waals surface area contributed by atoms with Gasteiger partial charge in [0.2, 0.25) is 5.91 Å². The molecule has 0 aliphatic heterocycles. The first-order valence-corrected chi connectivity index (χ1v) is 8.71. The topological polar surface area (TPSA) is 38.1 Å². The molecule has 0 N–H and O–H groups in total. The van der Waals surface area contributed by atoms with E-state index in [0.717, 1.165) is 37.7 Å². The standard InChI is InChI=1S/C19H22FN3O/c1-22-12-13(11-21-22)15-10-16(15)19(24)23(14-6-2-3-7-14)18-9-5-4-8-17(18)20/h4-5,8-9,11-12,14-16H,2-3,6-7,10H2,1H3. The summed E-state index contributed by atoms with van der Waals surface area (Å²) in [5.41, 5.74) is 1.54. The zero-order chi connectivity index (χ0) is 16.7. The van der Waals surface area contributed by atoms with Crippen molar-refractivity contribution < 1.29 is 9.18 Å². The van der Waals surface area contributed by atoms with E-state index in [9.17, 15) is 9.18 Å². The highest BCUT2D eigenvalue weighted by atomic mass is 19.1. The number of carbonyl (C=O) groups is 1. The van der Waals surface area contributed by atoms with Crippen LogP contribution in [0.4, 0.5) is 10.1 Å². The number of hydrogen-bond donors (Lipinski definition) is 0. The van der Waals surface area contributed by atoms with E-state index in [4.69, 9.17) is 0 Å². The molecule has 1 amide bonds. The van der Waals surface area contributed by atoms with Gasteiger partial charge in [0.25, 0.3) is 0 Å². The monoisotopic (exact) mass is 327 g/mol. The van der Waals surface area contributed by atoms with Crippen LogP contribution in [0.15, 0.2) is 36.7 Å². The molecule has 1 heterocycles. The van der Waals surface area contributed by atoms with Gasteiger partial charge >= 0.3 is 0 Å². The predicted molar refractivity (Wildman–Crippen MR) is 90.2 cm³/mol. The molecule has 0 bridgehead atoms. The van der Waals surface area contributed by atoms with Gasteiger partial charge in [-0.05, 0) is 42.9 Å². The first-order valence-electron chi connectivity index (χ1n) is 8.71. The Morgan fingerprint density at radius 2 is 2.04 bits per heavy atom. The van der Waals surface area contributed by atoms with Gasteiger partial charge in [0.05, 0.1) is 11.9 Å². The van der Waals surface area contributed by atoms with Crippen molar-refractivity contribution in [3.8, 4) is 0 Å². The van der Waals surface area contributed by atoms with Crippen LogP contribution < -0.4 is 4.90 Å². The van der Waals surface area contributed by atoms with Gasteiger partial charge in [0, 0.05) is 25.2 Å². The Bertz CT molecular complexity index is 751. The number of rotatable bonds is 4. The highest BCUT2D eigenvalue weighted by molar-refractivity contribution is 5.98. The third-order valence-electron chi connectivity index (χ3n) is 5.30. The minimum atomic E-state index is -0.309. The fourth-order valence-corrected chi connectivity index (χ4v) is 3.95. The van der Waals surface area contributed by atoms with Crippen molar-refractivity contribution >= 4 is 11.6 Å². The summed E-state index contributed by atoms with van der Waals surface area (Å²) in [5.74, 6) is -0.0616. The Hall–Kier alpha value is -2.17. The van der Waals surface area contributed by atoms with Crippen molar-refractivity contribution in [2.75, 3.05) is 4.90 Å². The molecule has 126 valence electrons. The first-order chi connectivity index (χ1) is 11.6. The lowest BCUT2D eigenvalue weighted by Crippen LogP contribution is -2.40. The zero-order valence-electron chi connectivity index (χ0n) is 13.9. The Balaban J connectivity index is 1.60. The molecule has 2 atom stereocenters. The van der Waals surface area contributed by atoms with Gasteiger partial charge in [-0.2, -0.15) is 5.10 Å². The average molecular weight is 327 g/mol. The second-order valence-corrected chi connectivity index (χ2v) is 6.99. The van der Waals surface area contributed by atoms with Crippen LogP contribution in [0.25, 0.3) is 0 Å². The average Bonchev–Trinajstić information content (AvgIpc) is 2.97. The number of anilines is 1. The van der Waals surface area contributed by atoms with Crippen LogP contribution in [0, 0.1) is 11.7 Å². The molecule has 2 aliphatic rings. The summed E-state index contributed by atoms with van der Waals surface area (Å²) in [6.07, 6.45) is 8.79. The van der Waals surface area contributed by atoms with Gasteiger partial charge in [-0.1, -0.05) is 25.0 Å². The van der Waals surface area contributed by atoms with Crippen molar-refractivity contribution in [1.82, 2.24) is 9.78 Å². The van der Waals surface area contributed by atoms with E-state index in [-0.39, 0.29) is 29.6 Å². The molecule has 1 aromatic heterocycles. The summed E-state index contributed by atoms with van der Waals surface area (Å²) >= 11 is 0. The maximum atomic E-state index is 14.4. The van der Waals surface area contributed by atoms with Gasteiger partial charge in [-0.15, -0.1) is 0 Å². The summed E-state index contributed by atoms with van der Waals surface area (Å²) in [6, 6.07) is 6.78. The Morgan fingerprint density at radius 1 is 1.29 bits per heavy atom. The largest absolute Gasteiger partial charge is 0.306 e. The normalized spacial score (nSPS) is 23.4. The van der Waals surface area contributed by atoms with Crippen LogP contribution in [0.1, 0.15) is 43.6 Å². The van der Waals surface area contributed by atoms with Crippen LogP contribution in [0.3, 0.4) is 0 Å². The minimum absolute atomic E-state index is 0.0468. The quantitative estimate of drug-likeness (QED) is 0.860. The molecule has 2 unspecified atom stereocenters. The second-order valence-electron chi connectivity index (χ2n) is 6.99. The van der Waals surface area contributed by atoms with Gasteiger partial charge in [-0.25, -0.2) is 4.39 Å². The van der Waals surface area contributed by atoms with Crippen molar-refractivity contribution in [1.29, 1.82) is 0 Å². The number of benzene rings is 1. The van der Waals surface area contributed by atoms with E-state index in [1.54, 1.807) is 27.8 Å². The molecule has 2 saturated carbocycles. The molecule has 4 nitrogen and oxygen atoms in total. The van der Waals surface area contributed by atoms with Gasteiger partial charge in [0.1, 0.15) is 5.82 Å². The molecule has 24 heavy (non-hydrogen) atoms. The van der Waals surface area contributed by atoms with Crippen molar-refractivity contribution in [2.24, 2.45) is 13.0 Å². The zero-order valence-corrected chi connectivity index (χ0v) is 13.9. The molecule has 5 heteroatoms. The number of carbonyl (C=O) groups excluding carboxylic acids is 1. The molecule has 2 aromatic rings. The van der Waals surface area contributed by atoms with E-state index in [2.05, 4.69) is 5.10 Å². The lowest BCUT2D eigenvalue weighted by Gasteiger charge is -2.29. The molecule has 4 rings (SSSR count). The van der Waals surface area contributed by atoms with Crippen LogP contribution >= 0.6 is 0 Å².